The summed E-state index contributed by atoms with van der Waals surface area (Å²) in [4.78, 5) is 9.85. The van der Waals surface area contributed by atoms with E-state index in [1.807, 2.05) is 0 Å². The summed E-state index contributed by atoms with van der Waals surface area (Å²) in [6.45, 7) is 2.12. The van der Waals surface area contributed by atoms with Gasteiger partial charge in [-0.3, -0.25) is 10.1 Å². The molecule has 1 aromatic rings. The van der Waals surface area contributed by atoms with Crippen molar-refractivity contribution in [2.75, 3.05) is 5.32 Å². The van der Waals surface area contributed by atoms with E-state index in [9.17, 15) is 18.9 Å². The Balaban J connectivity index is 2.16. The number of nitrogens with zero attached hydrogens (tertiary/aromatic N) is 1. The Hall–Kier alpha value is -1.72. The van der Waals surface area contributed by atoms with Gasteiger partial charge in [0.2, 0.25) is 5.82 Å². The molecule has 2 atom stereocenters. The number of benzene rings is 1. The van der Waals surface area contributed by atoms with Gasteiger partial charge in [0, 0.05) is 18.2 Å². The van der Waals surface area contributed by atoms with Crippen molar-refractivity contribution in [3.63, 3.8) is 0 Å². The van der Waals surface area contributed by atoms with Crippen molar-refractivity contribution in [3.8, 4) is 0 Å². The van der Waals surface area contributed by atoms with E-state index in [1.165, 1.54) is 6.42 Å². The minimum absolute atomic E-state index is 0.0138. The molecular formula is C14H18F2N2O2. The third-order valence-electron chi connectivity index (χ3n) is 3.95. The maximum atomic E-state index is 13.7. The summed E-state index contributed by atoms with van der Waals surface area (Å²) in [7, 11) is 0. The fourth-order valence-corrected chi connectivity index (χ4v) is 2.80. The van der Waals surface area contributed by atoms with Crippen molar-refractivity contribution in [1.82, 2.24) is 0 Å². The van der Waals surface area contributed by atoms with E-state index in [0.29, 0.717) is 12.0 Å². The second kappa shape index (κ2) is 6.15. The van der Waals surface area contributed by atoms with Gasteiger partial charge in [0.25, 0.3) is 0 Å². The molecule has 1 aromatic carbocycles. The second-order valence-corrected chi connectivity index (χ2v) is 5.32. The molecule has 0 bridgehead atoms. The van der Waals surface area contributed by atoms with Gasteiger partial charge in [0.05, 0.1) is 10.6 Å². The van der Waals surface area contributed by atoms with Crippen molar-refractivity contribution < 1.29 is 13.7 Å². The van der Waals surface area contributed by atoms with E-state index in [-0.39, 0.29) is 11.7 Å². The van der Waals surface area contributed by atoms with Crippen LogP contribution in [0.25, 0.3) is 0 Å². The van der Waals surface area contributed by atoms with E-state index >= 15 is 0 Å². The third kappa shape index (κ3) is 3.23. The minimum atomic E-state index is -1.15. The largest absolute Gasteiger partial charge is 0.380 e. The van der Waals surface area contributed by atoms with Crippen molar-refractivity contribution in [3.05, 3.63) is 33.9 Å². The Morgan fingerprint density at radius 3 is 2.75 bits per heavy atom. The van der Waals surface area contributed by atoms with Crippen molar-refractivity contribution >= 4 is 11.4 Å². The van der Waals surface area contributed by atoms with Crippen LogP contribution in [0.15, 0.2) is 12.1 Å². The fourth-order valence-electron chi connectivity index (χ4n) is 2.80. The van der Waals surface area contributed by atoms with Crippen molar-refractivity contribution in [1.29, 1.82) is 0 Å². The molecule has 0 aromatic heterocycles. The molecule has 0 heterocycles. The average molecular weight is 284 g/mol. The lowest BCUT2D eigenvalue weighted by Crippen LogP contribution is -2.27. The normalized spacial score (nSPS) is 22.6. The average Bonchev–Trinajstić information content (AvgIpc) is 2.41. The number of hydrogen-bond donors (Lipinski definition) is 1. The molecule has 0 radical (unpaired) electrons. The molecule has 0 amide bonds. The second-order valence-electron chi connectivity index (χ2n) is 5.32. The molecule has 2 rings (SSSR count). The van der Waals surface area contributed by atoms with Gasteiger partial charge in [-0.1, -0.05) is 26.2 Å². The number of anilines is 1. The molecule has 20 heavy (non-hydrogen) atoms. The first kappa shape index (κ1) is 14.7. The van der Waals surface area contributed by atoms with Gasteiger partial charge >= 0.3 is 5.69 Å². The van der Waals surface area contributed by atoms with Gasteiger partial charge in [0.1, 0.15) is 5.82 Å². The van der Waals surface area contributed by atoms with Crippen LogP contribution in [0.5, 0.6) is 0 Å². The zero-order valence-electron chi connectivity index (χ0n) is 11.4. The highest BCUT2D eigenvalue weighted by atomic mass is 19.1. The monoisotopic (exact) mass is 284 g/mol. The van der Waals surface area contributed by atoms with Gasteiger partial charge in [-0.2, -0.15) is 4.39 Å². The number of nitrogens with one attached hydrogen (secondary N) is 1. The summed E-state index contributed by atoms with van der Waals surface area (Å²) in [5.74, 6) is -1.33. The molecule has 4 nitrogen and oxygen atoms in total. The van der Waals surface area contributed by atoms with Crippen LogP contribution in [0.1, 0.15) is 39.0 Å². The SMILES string of the molecule is CCC1CCCC(Nc2cc([N+](=O)[O-])c(F)cc2F)C1. The van der Waals surface area contributed by atoms with Crippen molar-refractivity contribution in [2.45, 2.75) is 45.1 Å². The van der Waals surface area contributed by atoms with Crippen LogP contribution in [0.4, 0.5) is 20.2 Å². The van der Waals surface area contributed by atoms with Crippen LogP contribution in [-0.4, -0.2) is 11.0 Å². The molecule has 1 saturated carbocycles. The number of halogens is 2. The molecule has 1 N–H and O–H groups in total. The minimum Gasteiger partial charge on any atom is -0.380 e. The molecule has 0 spiro atoms. The highest BCUT2D eigenvalue weighted by molar-refractivity contribution is 5.53. The van der Waals surface area contributed by atoms with E-state index < -0.39 is 22.2 Å². The summed E-state index contributed by atoms with van der Waals surface area (Å²) in [5.41, 5.74) is -0.684. The summed E-state index contributed by atoms with van der Waals surface area (Å²) < 4.78 is 27.0. The molecule has 0 saturated heterocycles. The Morgan fingerprint density at radius 1 is 1.35 bits per heavy atom. The van der Waals surface area contributed by atoms with E-state index in [2.05, 4.69) is 12.2 Å². The Morgan fingerprint density at radius 2 is 2.10 bits per heavy atom. The quantitative estimate of drug-likeness (QED) is 0.664. The summed E-state index contributed by atoms with van der Waals surface area (Å²) in [6.07, 6.45) is 5.12. The van der Waals surface area contributed by atoms with Gasteiger partial charge < -0.3 is 5.32 Å². The van der Waals surface area contributed by atoms with Crippen LogP contribution in [0.2, 0.25) is 0 Å². The van der Waals surface area contributed by atoms with Gasteiger partial charge in [-0.25, -0.2) is 4.39 Å². The lowest BCUT2D eigenvalue weighted by atomic mass is 9.84. The van der Waals surface area contributed by atoms with Gasteiger partial charge in [0.15, 0.2) is 0 Å². The smallest absolute Gasteiger partial charge is 0.307 e. The first-order chi connectivity index (χ1) is 9.51. The van der Waals surface area contributed by atoms with E-state index in [1.54, 1.807) is 0 Å². The fraction of sp³-hybridized carbons (Fsp3) is 0.571. The number of hydrogen-bond acceptors (Lipinski definition) is 3. The summed E-state index contributed by atoms with van der Waals surface area (Å²) in [5, 5.41) is 13.7. The molecule has 1 aliphatic carbocycles. The molecule has 1 fully saturated rings. The van der Waals surface area contributed by atoms with E-state index in [0.717, 1.165) is 31.7 Å². The van der Waals surface area contributed by atoms with Gasteiger partial charge in [-0.05, 0) is 18.8 Å². The summed E-state index contributed by atoms with van der Waals surface area (Å²) in [6, 6.07) is 1.61. The van der Waals surface area contributed by atoms with Gasteiger partial charge in [-0.15, -0.1) is 0 Å². The lowest BCUT2D eigenvalue weighted by Gasteiger charge is -2.29. The topological polar surface area (TPSA) is 55.2 Å². The highest BCUT2D eigenvalue weighted by Crippen LogP contribution is 2.31. The Kier molecular flexibility index (Phi) is 4.52. The Bertz CT molecular complexity index is 508. The standard InChI is InChI=1S/C14H18F2N2O2/c1-2-9-4-3-5-10(6-9)17-13-8-14(18(19)20)12(16)7-11(13)15/h7-10,17H,2-6H2,1H3. The number of nitro benzene ring substituents is 1. The van der Waals surface area contributed by atoms with E-state index in [4.69, 9.17) is 0 Å². The first-order valence-corrected chi connectivity index (χ1v) is 6.91. The predicted octanol–water partition coefficient (Wildman–Crippen LogP) is 4.25. The van der Waals surface area contributed by atoms with Crippen LogP contribution < -0.4 is 5.32 Å². The molecule has 2 unspecified atom stereocenters. The Labute approximate surface area is 116 Å². The van der Waals surface area contributed by atoms with Crippen molar-refractivity contribution in [2.24, 2.45) is 5.92 Å². The molecular weight excluding hydrogens is 266 g/mol. The van der Waals surface area contributed by atoms with Crippen LogP contribution in [0, 0.1) is 27.7 Å². The maximum Gasteiger partial charge on any atom is 0.307 e. The van der Waals surface area contributed by atoms with Crippen LogP contribution in [0.3, 0.4) is 0 Å². The molecule has 1 aliphatic rings. The van der Waals surface area contributed by atoms with Crippen LogP contribution in [-0.2, 0) is 0 Å². The third-order valence-corrected chi connectivity index (χ3v) is 3.95. The molecule has 6 heteroatoms. The molecule has 110 valence electrons. The first-order valence-electron chi connectivity index (χ1n) is 6.91. The highest BCUT2D eigenvalue weighted by Gasteiger charge is 2.24. The lowest BCUT2D eigenvalue weighted by molar-refractivity contribution is -0.387. The zero-order valence-corrected chi connectivity index (χ0v) is 11.4. The number of nitro groups is 1. The molecule has 0 aliphatic heterocycles. The number of rotatable bonds is 4. The maximum absolute atomic E-state index is 13.7. The van der Waals surface area contributed by atoms with Crippen LogP contribution >= 0.6 is 0 Å². The summed E-state index contributed by atoms with van der Waals surface area (Å²) >= 11 is 0. The zero-order chi connectivity index (χ0) is 14.7. The predicted molar refractivity (Wildman–Crippen MR) is 72.7 cm³/mol.